The number of hydrogen-bond acceptors (Lipinski definition) is 2. The van der Waals surface area contributed by atoms with E-state index in [0.29, 0.717) is 11.3 Å². The van der Waals surface area contributed by atoms with Crippen molar-refractivity contribution >= 4 is 27.5 Å². The molecule has 0 atom stereocenters. The number of imidazole rings is 1. The summed E-state index contributed by atoms with van der Waals surface area (Å²) in [5.41, 5.74) is 2.02. The Morgan fingerprint density at radius 3 is 2.63 bits per heavy atom. The molecule has 0 fully saturated rings. The van der Waals surface area contributed by atoms with Crippen LogP contribution >= 0.6 is 15.9 Å². The molecule has 0 spiro atoms. The maximum absolute atomic E-state index is 11.5. The predicted octanol–water partition coefficient (Wildman–Crippen LogP) is 3.46. The van der Waals surface area contributed by atoms with Gasteiger partial charge >= 0.3 is 5.97 Å². The second-order valence-corrected chi connectivity index (χ2v) is 4.88. The molecule has 0 aliphatic heterocycles. The number of aromatic carboxylic acids is 1. The Labute approximate surface area is 117 Å². The van der Waals surface area contributed by atoms with Crippen molar-refractivity contribution in [2.45, 2.75) is 0 Å². The van der Waals surface area contributed by atoms with Crippen LogP contribution in [0.25, 0.3) is 16.9 Å². The van der Waals surface area contributed by atoms with Gasteiger partial charge in [-0.05, 0) is 18.2 Å². The first kappa shape index (κ1) is 11.9. The average Bonchev–Trinajstić information content (AvgIpc) is 2.78. The molecule has 5 heteroatoms. The van der Waals surface area contributed by atoms with Crippen molar-refractivity contribution in [3.63, 3.8) is 0 Å². The van der Waals surface area contributed by atoms with Gasteiger partial charge in [0.05, 0.1) is 0 Å². The van der Waals surface area contributed by atoms with E-state index in [1.165, 1.54) is 0 Å². The van der Waals surface area contributed by atoms with E-state index >= 15 is 0 Å². The SMILES string of the molecule is O=C(O)c1c(-c2ccccc2Br)nc2ccccn12. The number of nitrogens with zero attached hydrogens (tertiary/aromatic N) is 2. The summed E-state index contributed by atoms with van der Waals surface area (Å²) in [5, 5.41) is 9.43. The summed E-state index contributed by atoms with van der Waals surface area (Å²) in [4.78, 5) is 15.9. The molecule has 0 amide bonds. The number of hydrogen-bond donors (Lipinski definition) is 1. The van der Waals surface area contributed by atoms with Crippen molar-refractivity contribution in [1.82, 2.24) is 9.38 Å². The van der Waals surface area contributed by atoms with E-state index in [2.05, 4.69) is 20.9 Å². The molecule has 0 aliphatic carbocycles. The number of fused-ring (bicyclic) bond motifs is 1. The van der Waals surface area contributed by atoms with E-state index in [0.717, 1.165) is 10.0 Å². The lowest BCUT2D eigenvalue weighted by Gasteiger charge is -2.02. The third-order valence-corrected chi connectivity index (χ3v) is 3.55. The van der Waals surface area contributed by atoms with E-state index in [9.17, 15) is 9.90 Å². The fourth-order valence-corrected chi connectivity index (χ4v) is 2.51. The molecule has 0 aliphatic rings. The first-order valence-corrected chi connectivity index (χ1v) is 6.43. The zero-order valence-corrected chi connectivity index (χ0v) is 11.3. The quantitative estimate of drug-likeness (QED) is 0.787. The number of carboxylic acids is 1. The summed E-state index contributed by atoms with van der Waals surface area (Å²) in [6, 6.07) is 12.8. The van der Waals surface area contributed by atoms with Gasteiger partial charge in [-0.1, -0.05) is 40.2 Å². The molecule has 3 rings (SSSR count). The van der Waals surface area contributed by atoms with Gasteiger partial charge in [0, 0.05) is 16.2 Å². The number of aromatic nitrogens is 2. The van der Waals surface area contributed by atoms with Crippen molar-refractivity contribution in [3.05, 3.63) is 58.8 Å². The number of benzene rings is 1. The third-order valence-electron chi connectivity index (χ3n) is 2.86. The Balaban J connectivity index is 2.38. The number of pyridine rings is 1. The maximum Gasteiger partial charge on any atom is 0.355 e. The predicted molar refractivity (Wildman–Crippen MR) is 75.3 cm³/mol. The van der Waals surface area contributed by atoms with Crippen LogP contribution in [0.4, 0.5) is 0 Å². The molecule has 2 aromatic heterocycles. The minimum absolute atomic E-state index is 0.169. The van der Waals surface area contributed by atoms with Crippen LogP contribution < -0.4 is 0 Å². The van der Waals surface area contributed by atoms with Crippen molar-refractivity contribution in [2.24, 2.45) is 0 Å². The van der Waals surface area contributed by atoms with Crippen LogP contribution in [0.5, 0.6) is 0 Å². The monoisotopic (exact) mass is 316 g/mol. The van der Waals surface area contributed by atoms with Crippen LogP contribution in [0.1, 0.15) is 10.5 Å². The summed E-state index contributed by atoms with van der Waals surface area (Å²) in [6.07, 6.45) is 1.70. The van der Waals surface area contributed by atoms with Gasteiger partial charge < -0.3 is 5.11 Å². The number of rotatable bonds is 2. The zero-order valence-electron chi connectivity index (χ0n) is 9.75. The number of carboxylic acid groups (broad SMARTS) is 1. The van der Waals surface area contributed by atoms with E-state index in [1.807, 2.05) is 30.3 Å². The molecule has 4 nitrogen and oxygen atoms in total. The molecule has 19 heavy (non-hydrogen) atoms. The van der Waals surface area contributed by atoms with Gasteiger partial charge in [0.1, 0.15) is 11.3 Å². The van der Waals surface area contributed by atoms with Crippen LogP contribution in [0.15, 0.2) is 53.1 Å². The maximum atomic E-state index is 11.5. The Bertz CT molecular complexity index is 780. The van der Waals surface area contributed by atoms with Crippen LogP contribution in [-0.4, -0.2) is 20.5 Å². The molecule has 94 valence electrons. The van der Waals surface area contributed by atoms with Crippen molar-refractivity contribution in [1.29, 1.82) is 0 Å². The average molecular weight is 317 g/mol. The minimum Gasteiger partial charge on any atom is -0.476 e. The van der Waals surface area contributed by atoms with Gasteiger partial charge in [-0.25, -0.2) is 9.78 Å². The summed E-state index contributed by atoms with van der Waals surface area (Å²) in [7, 11) is 0. The van der Waals surface area contributed by atoms with Gasteiger partial charge in [0.25, 0.3) is 0 Å². The van der Waals surface area contributed by atoms with Crippen molar-refractivity contribution in [2.75, 3.05) is 0 Å². The number of carbonyl (C=O) groups is 1. The van der Waals surface area contributed by atoms with Crippen molar-refractivity contribution < 1.29 is 9.90 Å². The number of halogens is 1. The van der Waals surface area contributed by atoms with E-state index in [1.54, 1.807) is 22.7 Å². The minimum atomic E-state index is -0.996. The standard InChI is InChI=1S/C14H9BrN2O2/c15-10-6-2-1-5-9(10)12-13(14(18)19)17-8-4-3-7-11(17)16-12/h1-8H,(H,18,19). The molecule has 0 saturated heterocycles. The summed E-state index contributed by atoms with van der Waals surface area (Å²) in [6.45, 7) is 0. The highest BCUT2D eigenvalue weighted by molar-refractivity contribution is 9.10. The first-order chi connectivity index (χ1) is 9.18. The van der Waals surface area contributed by atoms with Crippen LogP contribution in [-0.2, 0) is 0 Å². The summed E-state index contributed by atoms with van der Waals surface area (Å²) >= 11 is 3.43. The molecule has 0 saturated carbocycles. The van der Waals surface area contributed by atoms with Gasteiger partial charge in [0.15, 0.2) is 5.69 Å². The lowest BCUT2D eigenvalue weighted by molar-refractivity contribution is 0.0690. The molecule has 1 aromatic carbocycles. The molecule has 2 heterocycles. The molecular formula is C14H9BrN2O2. The highest BCUT2D eigenvalue weighted by Gasteiger charge is 2.20. The summed E-state index contributed by atoms with van der Waals surface area (Å²) < 4.78 is 2.40. The lowest BCUT2D eigenvalue weighted by atomic mass is 10.1. The Morgan fingerprint density at radius 2 is 1.89 bits per heavy atom. The fourth-order valence-electron chi connectivity index (χ4n) is 2.04. The Morgan fingerprint density at radius 1 is 1.16 bits per heavy atom. The van der Waals surface area contributed by atoms with Crippen LogP contribution in [0.3, 0.4) is 0 Å². The highest BCUT2D eigenvalue weighted by atomic mass is 79.9. The largest absolute Gasteiger partial charge is 0.476 e. The van der Waals surface area contributed by atoms with Gasteiger partial charge in [0.2, 0.25) is 0 Å². The van der Waals surface area contributed by atoms with E-state index < -0.39 is 5.97 Å². The molecule has 3 aromatic rings. The summed E-state index contributed by atoms with van der Waals surface area (Å²) in [5.74, 6) is -0.996. The molecule has 1 N–H and O–H groups in total. The lowest BCUT2D eigenvalue weighted by Crippen LogP contribution is -2.03. The molecule has 0 bridgehead atoms. The van der Waals surface area contributed by atoms with Crippen LogP contribution in [0.2, 0.25) is 0 Å². The smallest absolute Gasteiger partial charge is 0.355 e. The van der Waals surface area contributed by atoms with Gasteiger partial charge in [-0.15, -0.1) is 0 Å². The highest BCUT2D eigenvalue weighted by Crippen LogP contribution is 2.30. The topological polar surface area (TPSA) is 54.6 Å². The van der Waals surface area contributed by atoms with E-state index in [-0.39, 0.29) is 5.69 Å². The second kappa shape index (κ2) is 4.51. The van der Waals surface area contributed by atoms with Crippen LogP contribution in [0, 0.1) is 0 Å². The van der Waals surface area contributed by atoms with E-state index in [4.69, 9.17) is 0 Å². The Hall–Kier alpha value is -2.14. The normalized spacial score (nSPS) is 10.8. The van der Waals surface area contributed by atoms with Gasteiger partial charge in [-0.2, -0.15) is 0 Å². The Kier molecular flexibility index (Phi) is 2.83. The third kappa shape index (κ3) is 1.92. The first-order valence-electron chi connectivity index (χ1n) is 5.64. The molecule has 0 radical (unpaired) electrons. The molecular weight excluding hydrogens is 308 g/mol. The molecule has 0 unspecified atom stereocenters. The second-order valence-electron chi connectivity index (χ2n) is 4.02. The van der Waals surface area contributed by atoms with Gasteiger partial charge in [-0.3, -0.25) is 4.40 Å². The zero-order chi connectivity index (χ0) is 13.4. The fraction of sp³-hybridized carbons (Fsp3) is 0. The van der Waals surface area contributed by atoms with Crippen molar-refractivity contribution in [3.8, 4) is 11.3 Å².